The average molecular weight is 346 g/mol. The molecule has 0 radical (unpaired) electrons. The topological polar surface area (TPSA) is 71.1 Å². The van der Waals surface area contributed by atoms with Crippen LogP contribution in [0.25, 0.3) is 0 Å². The highest BCUT2D eigenvalue weighted by molar-refractivity contribution is 7.89. The van der Waals surface area contributed by atoms with Crippen molar-refractivity contribution in [1.29, 1.82) is 0 Å². The molecule has 0 spiro atoms. The molecule has 0 atom stereocenters. The Bertz CT molecular complexity index is 687. The Balaban J connectivity index is 2.03. The van der Waals surface area contributed by atoms with Gasteiger partial charge < -0.3 is 5.32 Å². The number of rotatable bonds is 7. The highest BCUT2D eigenvalue weighted by Gasteiger charge is 2.16. The maximum atomic E-state index is 12.2. The van der Waals surface area contributed by atoms with Crippen LogP contribution in [0.4, 0.5) is 5.82 Å². The van der Waals surface area contributed by atoms with Gasteiger partial charge in [0.15, 0.2) is 0 Å². The summed E-state index contributed by atoms with van der Waals surface area (Å²) >= 11 is 7.60. The van der Waals surface area contributed by atoms with Crippen LogP contribution in [0, 0.1) is 0 Å². The number of hydrogen-bond acceptors (Lipinski definition) is 5. The van der Waals surface area contributed by atoms with Gasteiger partial charge in [-0.15, -0.1) is 0 Å². The summed E-state index contributed by atoms with van der Waals surface area (Å²) in [5.41, 5.74) is 1.11. The molecular weight excluding hydrogens is 330 g/mol. The summed E-state index contributed by atoms with van der Waals surface area (Å²) in [5.74, 6) is 0.483. The van der Waals surface area contributed by atoms with Crippen molar-refractivity contribution in [3.8, 4) is 0 Å². The normalized spacial score (nSPS) is 11.5. The number of hydrogen-bond donors (Lipinski definition) is 2. The van der Waals surface area contributed by atoms with E-state index in [9.17, 15) is 8.42 Å². The van der Waals surface area contributed by atoms with Crippen LogP contribution in [-0.2, 0) is 16.4 Å². The first-order valence-corrected chi connectivity index (χ1v) is 9.23. The van der Waals surface area contributed by atoms with E-state index in [2.05, 4.69) is 15.0 Å². The van der Waals surface area contributed by atoms with Gasteiger partial charge in [-0.3, -0.25) is 0 Å². The first-order chi connectivity index (χ1) is 10.0. The number of thiophene rings is 1. The van der Waals surface area contributed by atoms with Gasteiger partial charge in [0.25, 0.3) is 0 Å². The van der Waals surface area contributed by atoms with Crippen molar-refractivity contribution in [3.63, 3.8) is 0 Å². The minimum atomic E-state index is -3.59. The highest BCUT2D eigenvalue weighted by Crippen LogP contribution is 2.22. The fourth-order valence-corrected chi connectivity index (χ4v) is 3.72. The third kappa shape index (κ3) is 4.41. The molecule has 0 amide bonds. The molecule has 0 bridgehead atoms. The molecule has 8 heteroatoms. The van der Waals surface area contributed by atoms with E-state index in [4.69, 9.17) is 11.6 Å². The van der Waals surface area contributed by atoms with E-state index in [1.54, 1.807) is 11.3 Å². The number of aromatic nitrogens is 1. The molecule has 0 aliphatic heterocycles. The van der Waals surface area contributed by atoms with E-state index in [-0.39, 0.29) is 9.92 Å². The zero-order chi connectivity index (χ0) is 15.3. The second kappa shape index (κ2) is 7.22. The molecule has 5 nitrogen and oxygen atoms in total. The zero-order valence-electron chi connectivity index (χ0n) is 11.5. The zero-order valence-corrected chi connectivity index (χ0v) is 13.9. The van der Waals surface area contributed by atoms with Crippen molar-refractivity contribution in [2.45, 2.75) is 18.2 Å². The Morgan fingerprint density at radius 1 is 1.43 bits per heavy atom. The number of nitrogens with zero attached hydrogens (tertiary/aromatic N) is 1. The second-order valence-corrected chi connectivity index (χ2v) is 7.27. The largest absolute Gasteiger partial charge is 0.369 e. The monoisotopic (exact) mass is 345 g/mol. The van der Waals surface area contributed by atoms with Crippen LogP contribution in [0.2, 0.25) is 5.02 Å². The second-order valence-electron chi connectivity index (χ2n) is 4.31. The lowest BCUT2D eigenvalue weighted by Gasteiger charge is -2.09. The first kappa shape index (κ1) is 16.2. The number of sulfonamides is 1. The molecule has 2 aromatic heterocycles. The third-order valence-corrected chi connectivity index (χ3v) is 5.20. The average Bonchev–Trinajstić information content (AvgIpc) is 2.94. The van der Waals surface area contributed by atoms with Gasteiger partial charge in [0.05, 0.1) is 5.02 Å². The van der Waals surface area contributed by atoms with Crippen LogP contribution in [0.15, 0.2) is 34.0 Å². The van der Waals surface area contributed by atoms with Crippen LogP contribution in [0.1, 0.15) is 12.5 Å². The van der Waals surface area contributed by atoms with Gasteiger partial charge in [0.2, 0.25) is 10.0 Å². The van der Waals surface area contributed by atoms with Gasteiger partial charge in [-0.2, -0.15) is 11.3 Å². The van der Waals surface area contributed by atoms with Crippen molar-refractivity contribution >= 4 is 38.8 Å². The van der Waals surface area contributed by atoms with Crippen molar-refractivity contribution in [1.82, 2.24) is 9.71 Å². The van der Waals surface area contributed by atoms with Crippen LogP contribution in [0.3, 0.4) is 0 Å². The fraction of sp³-hybridized carbons (Fsp3) is 0.308. The van der Waals surface area contributed by atoms with E-state index >= 15 is 0 Å². The van der Waals surface area contributed by atoms with E-state index in [0.29, 0.717) is 25.3 Å². The molecule has 2 aromatic rings. The summed E-state index contributed by atoms with van der Waals surface area (Å²) in [7, 11) is -3.59. The molecule has 0 aliphatic carbocycles. The molecule has 0 unspecified atom stereocenters. The molecule has 2 heterocycles. The van der Waals surface area contributed by atoms with Crippen molar-refractivity contribution < 1.29 is 8.42 Å². The van der Waals surface area contributed by atoms with Gasteiger partial charge >= 0.3 is 0 Å². The lowest BCUT2D eigenvalue weighted by atomic mass is 10.2. The van der Waals surface area contributed by atoms with Gasteiger partial charge in [0, 0.05) is 19.3 Å². The molecule has 0 saturated carbocycles. The summed E-state index contributed by atoms with van der Waals surface area (Å²) in [6, 6.07) is 3.38. The number of anilines is 1. The summed E-state index contributed by atoms with van der Waals surface area (Å²) in [6.45, 7) is 2.91. The summed E-state index contributed by atoms with van der Waals surface area (Å²) < 4.78 is 26.9. The SMILES string of the molecule is CCNc1ncc(S(=O)(=O)NCCc2ccsc2)cc1Cl. The van der Waals surface area contributed by atoms with Gasteiger partial charge in [-0.1, -0.05) is 11.6 Å². The van der Waals surface area contributed by atoms with Crippen molar-refractivity contribution in [2.75, 3.05) is 18.4 Å². The van der Waals surface area contributed by atoms with Crippen LogP contribution < -0.4 is 10.0 Å². The fourth-order valence-electron chi connectivity index (χ4n) is 1.71. The van der Waals surface area contributed by atoms with Gasteiger partial charge in [-0.25, -0.2) is 18.1 Å². The summed E-state index contributed by atoms with van der Waals surface area (Å²) in [6.07, 6.45) is 1.95. The lowest BCUT2D eigenvalue weighted by molar-refractivity contribution is 0.581. The first-order valence-electron chi connectivity index (χ1n) is 6.43. The maximum Gasteiger partial charge on any atom is 0.242 e. The molecule has 2 N–H and O–H groups in total. The summed E-state index contributed by atoms with van der Waals surface area (Å²) in [4.78, 5) is 4.10. The predicted octanol–water partition coefficient (Wildman–Crippen LogP) is 2.75. The molecule has 21 heavy (non-hydrogen) atoms. The Morgan fingerprint density at radius 3 is 2.86 bits per heavy atom. The Labute approximate surface area is 133 Å². The van der Waals surface area contributed by atoms with Crippen molar-refractivity contribution in [2.24, 2.45) is 0 Å². The smallest absolute Gasteiger partial charge is 0.242 e. The molecule has 0 saturated heterocycles. The van der Waals surface area contributed by atoms with Gasteiger partial charge in [0.1, 0.15) is 10.7 Å². The Morgan fingerprint density at radius 2 is 2.24 bits per heavy atom. The summed E-state index contributed by atoms with van der Waals surface area (Å²) in [5, 5.41) is 7.21. The lowest BCUT2D eigenvalue weighted by Crippen LogP contribution is -2.26. The highest BCUT2D eigenvalue weighted by atomic mass is 35.5. The number of pyridine rings is 1. The number of nitrogens with one attached hydrogen (secondary N) is 2. The molecule has 0 aliphatic rings. The quantitative estimate of drug-likeness (QED) is 0.809. The molecule has 0 aromatic carbocycles. The van der Waals surface area contributed by atoms with E-state index in [1.807, 2.05) is 23.8 Å². The minimum Gasteiger partial charge on any atom is -0.369 e. The van der Waals surface area contributed by atoms with Crippen molar-refractivity contribution in [3.05, 3.63) is 39.7 Å². The predicted molar refractivity (Wildman–Crippen MR) is 86.6 cm³/mol. The van der Waals surface area contributed by atoms with Crippen LogP contribution in [0.5, 0.6) is 0 Å². The molecular formula is C13H16ClN3O2S2. The third-order valence-electron chi connectivity index (χ3n) is 2.76. The number of halogens is 1. The van der Waals surface area contributed by atoms with Crippen LogP contribution >= 0.6 is 22.9 Å². The maximum absolute atomic E-state index is 12.2. The standard InChI is InChI=1S/C13H16ClN3O2S2/c1-2-15-13-12(14)7-11(8-16-13)21(18,19)17-5-3-10-4-6-20-9-10/h4,6-9,17H,2-3,5H2,1H3,(H,15,16). The minimum absolute atomic E-state index is 0.0690. The molecule has 114 valence electrons. The van der Waals surface area contributed by atoms with Gasteiger partial charge in [-0.05, 0) is 41.8 Å². The Kier molecular flexibility index (Phi) is 5.58. The van der Waals surface area contributed by atoms with Crippen LogP contribution in [-0.4, -0.2) is 26.5 Å². The molecule has 0 fully saturated rings. The van der Waals surface area contributed by atoms with E-state index in [0.717, 1.165) is 5.56 Å². The Hall–Kier alpha value is -1.15. The van der Waals surface area contributed by atoms with E-state index < -0.39 is 10.0 Å². The molecule has 2 rings (SSSR count). The van der Waals surface area contributed by atoms with E-state index in [1.165, 1.54) is 12.3 Å².